The summed E-state index contributed by atoms with van der Waals surface area (Å²) >= 11 is 0. The molecule has 0 amide bonds. The monoisotopic (exact) mass is 292 g/mol. The average Bonchev–Trinajstić information content (AvgIpc) is 2.37. The molecule has 0 radical (unpaired) electrons. The van der Waals surface area contributed by atoms with Crippen LogP contribution in [0.5, 0.6) is 0 Å². The minimum atomic E-state index is -1.58. The molecule has 0 spiro atoms. The van der Waals surface area contributed by atoms with E-state index in [0.29, 0.717) is 12.2 Å². The molecule has 0 saturated carbocycles. The lowest BCUT2D eigenvalue weighted by atomic mass is 9.99. The van der Waals surface area contributed by atoms with Crippen molar-refractivity contribution in [2.45, 2.75) is 33.9 Å². The van der Waals surface area contributed by atoms with E-state index in [1.165, 1.54) is 5.19 Å². The smallest absolute Gasteiger partial charge is 0.293 e. The molecule has 1 rings (SSSR count). The predicted molar refractivity (Wildman–Crippen MR) is 84.6 cm³/mol. The summed E-state index contributed by atoms with van der Waals surface area (Å²) in [4.78, 5) is 21.6. The molecular weight excluding hydrogens is 268 g/mol. The van der Waals surface area contributed by atoms with Crippen LogP contribution in [0.25, 0.3) is 0 Å². The minimum absolute atomic E-state index is 0.0380. The standard InChI is InChI=1S/C16H24O3Si/c1-7-20(5,6)14-10-8-13(9-11-14)15(17)19-18-12-16(2,3)4/h7-11H,1,12H2,2-6H3. The van der Waals surface area contributed by atoms with Crippen molar-refractivity contribution in [1.82, 2.24) is 0 Å². The Morgan fingerprint density at radius 3 is 2.25 bits per heavy atom. The summed E-state index contributed by atoms with van der Waals surface area (Å²) in [5.74, 6) is -0.459. The fraction of sp³-hybridized carbons (Fsp3) is 0.438. The van der Waals surface area contributed by atoms with Crippen molar-refractivity contribution in [3.8, 4) is 0 Å². The number of hydrogen-bond donors (Lipinski definition) is 0. The maximum Gasteiger partial charge on any atom is 0.373 e. The second-order valence-electron chi connectivity index (χ2n) is 6.70. The highest BCUT2D eigenvalue weighted by Gasteiger charge is 2.20. The van der Waals surface area contributed by atoms with Crippen LogP contribution in [-0.2, 0) is 9.78 Å². The number of hydrogen-bond acceptors (Lipinski definition) is 3. The molecule has 0 bridgehead atoms. The van der Waals surface area contributed by atoms with E-state index in [9.17, 15) is 4.79 Å². The van der Waals surface area contributed by atoms with Gasteiger partial charge in [0.2, 0.25) is 0 Å². The molecule has 0 N–H and O–H groups in total. The number of benzene rings is 1. The van der Waals surface area contributed by atoms with Gasteiger partial charge in [0, 0.05) is 0 Å². The van der Waals surface area contributed by atoms with Crippen LogP contribution in [0.3, 0.4) is 0 Å². The number of rotatable bonds is 5. The Hall–Kier alpha value is -1.39. The molecule has 1 aromatic carbocycles. The van der Waals surface area contributed by atoms with Gasteiger partial charge in [0.25, 0.3) is 0 Å². The van der Waals surface area contributed by atoms with E-state index in [2.05, 4.69) is 19.7 Å². The SMILES string of the molecule is C=C[Si](C)(C)c1ccc(C(=O)OOCC(C)(C)C)cc1. The second-order valence-corrected chi connectivity index (χ2v) is 11.1. The summed E-state index contributed by atoms with van der Waals surface area (Å²) < 4.78 is 0. The van der Waals surface area contributed by atoms with Crippen molar-refractivity contribution in [2.24, 2.45) is 5.41 Å². The molecule has 0 aliphatic carbocycles. The van der Waals surface area contributed by atoms with Crippen LogP contribution in [0.15, 0.2) is 36.5 Å². The van der Waals surface area contributed by atoms with Crippen molar-refractivity contribution in [1.29, 1.82) is 0 Å². The zero-order chi connectivity index (χ0) is 15.4. The molecule has 0 heterocycles. The van der Waals surface area contributed by atoms with Crippen LogP contribution in [0.2, 0.25) is 13.1 Å². The van der Waals surface area contributed by atoms with E-state index < -0.39 is 14.0 Å². The third-order valence-corrected chi connectivity index (χ3v) is 5.84. The first-order chi connectivity index (χ1) is 9.15. The first-order valence-corrected chi connectivity index (χ1v) is 9.81. The van der Waals surface area contributed by atoms with E-state index in [1.807, 2.05) is 38.6 Å². The molecule has 110 valence electrons. The van der Waals surface area contributed by atoms with Crippen molar-refractivity contribution >= 4 is 19.2 Å². The molecule has 0 saturated heterocycles. The third kappa shape index (κ3) is 4.94. The predicted octanol–water partition coefficient (Wildman–Crippen LogP) is 3.46. The van der Waals surface area contributed by atoms with Crippen LogP contribution >= 0.6 is 0 Å². The van der Waals surface area contributed by atoms with Crippen LogP contribution in [-0.4, -0.2) is 20.7 Å². The summed E-state index contributed by atoms with van der Waals surface area (Å²) in [6.45, 7) is 14.7. The van der Waals surface area contributed by atoms with Gasteiger partial charge in [-0.1, -0.05) is 56.9 Å². The normalized spacial score (nSPS) is 12.1. The number of carbonyl (C=O) groups is 1. The van der Waals surface area contributed by atoms with E-state index in [1.54, 1.807) is 12.1 Å². The Kier molecular flexibility index (Phi) is 5.31. The van der Waals surface area contributed by atoms with E-state index >= 15 is 0 Å². The molecular formula is C16H24O3Si. The van der Waals surface area contributed by atoms with E-state index in [4.69, 9.17) is 9.78 Å². The summed E-state index contributed by atoms with van der Waals surface area (Å²) in [6.07, 6.45) is 0. The highest BCUT2D eigenvalue weighted by Crippen LogP contribution is 2.13. The van der Waals surface area contributed by atoms with Gasteiger partial charge in [-0.2, -0.15) is 4.89 Å². The zero-order valence-electron chi connectivity index (χ0n) is 13.0. The van der Waals surface area contributed by atoms with Gasteiger partial charge < -0.3 is 0 Å². The quantitative estimate of drug-likeness (QED) is 0.473. The summed E-state index contributed by atoms with van der Waals surface area (Å²) in [5, 5.41) is 1.24. The Bertz CT molecular complexity index is 469. The molecule has 20 heavy (non-hydrogen) atoms. The van der Waals surface area contributed by atoms with Crippen LogP contribution < -0.4 is 5.19 Å². The van der Waals surface area contributed by atoms with Crippen LogP contribution in [0, 0.1) is 5.41 Å². The van der Waals surface area contributed by atoms with Crippen molar-refractivity contribution in [2.75, 3.05) is 6.61 Å². The average molecular weight is 292 g/mol. The highest BCUT2D eigenvalue weighted by atomic mass is 28.3. The molecule has 0 aliphatic heterocycles. The van der Waals surface area contributed by atoms with Crippen molar-refractivity contribution in [3.05, 3.63) is 42.1 Å². The largest absolute Gasteiger partial charge is 0.373 e. The summed E-state index contributed by atoms with van der Waals surface area (Å²) in [7, 11) is -1.58. The minimum Gasteiger partial charge on any atom is -0.293 e. The molecule has 3 nitrogen and oxygen atoms in total. The lowest BCUT2D eigenvalue weighted by Crippen LogP contribution is -2.39. The van der Waals surface area contributed by atoms with Crippen LogP contribution in [0.1, 0.15) is 31.1 Å². The molecule has 0 atom stereocenters. The van der Waals surface area contributed by atoms with E-state index in [-0.39, 0.29) is 5.41 Å². The van der Waals surface area contributed by atoms with Gasteiger partial charge in [0.1, 0.15) is 8.07 Å². The topological polar surface area (TPSA) is 35.5 Å². The molecule has 0 fully saturated rings. The van der Waals surface area contributed by atoms with Gasteiger partial charge in [-0.3, -0.25) is 4.89 Å². The van der Waals surface area contributed by atoms with Crippen molar-refractivity contribution in [3.63, 3.8) is 0 Å². The Morgan fingerprint density at radius 2 is 1.80 bits per heavy atom. The van der Waals surface area contributed by atoms with Gasteiger partial charge in [-0.25, -0.2) is 4.79 Å². The second kappa shape index (κ2) is 6.37. The highest BCUT2D eigenvalue weighted by molar-refractivity contribution is 6.93. The first-order valence-electron chi connectivity index (χ1n) is 6.74. The fourth-order valence-electron chi connectivity index (χ4n) is 1.46. The molecule has 4 heteroatoms. The van der Waals surface area contributed by atoms with Gasteiger partial charge >= 0.3 is 5.97 Å². The maximum atomic E-state index is 11.8. The Labute approximate surface area is 122 Å². The fourth-order valence-corrected chi connectivity index (χ4v) is 2.72. The van der Waals surface area contributed by atoms with E-state index in [0.717, 1.165) is 0 Å². The maximum absolute atomic E-state index is 11.8. The molecule has 0 aromatic heterocycles. The first kappa shape index (κ1) is 16.7. The number of carbonyl (C=O) groups excluding carboxylic acids is 1. The van der Waals surface area contributed by atoms with Gasteiger partial charge in [-0.05, 0) is 17.5 Å². The lowest BCUT2D eigenvalue weighted by molar-refractivity contribution is -0.255. The lowest BCUT2D eigenvalue weighted by Gasteiger charge is -2.18. The summed E-state index contributed by atoms with van der Waals surface area (Å²) in [5.41, 5.74) is 2.48. The third-order valence-electron chi connectivity index (χ3n) is 3.00. The van der Waals surface area contributed by atoms with Gasteiger partial charge in [-0.15, -0.1) is 6.58 Å². The summed E-state index contributed by atoms with van der Waals surface area (Å²) in [6, 6.07) is 7.48. The van der Waals surface area contributed by atoms with Gasteiger partial charge in [0.05, 0.1) is 12.2 Å². The van der Waals surface area contributed by atoms with Crippen molar-refractivity contribution < 1.29 is 14.6 Å². The Morgan fingerprint density at radius 1 is 1.25 bits per heavy atom. The van der Waals surface area contributed by atoms with Gasteiger partial charge in [0.15, 0.2) is 0 Å². The molecule has 0 aliphatic rings. The Balaban J connectivity index is 2.65. The molecule has 0 unspecified atom stereocenters. The van der Waals surface area contributed by atoms with Crippen LogP contribution in [0.4, 0.5) is 0 Å². The zero-order valence-corrected chi connectivity index (χ0v) is 14.0. The molecule has 1 aromatic rings.